The van der Waals surface area contributed by atoms with Gasteiger partial charge in [0.2, 0.25) is 0 Å². The lowest BCUT2D eigenvalue weighted by molar-refractivity contribution is -0.134. The van der Waals surface area contributed by atoms with Crippen LogP contribution in [-0.2, 0) is 9.59 Å². The molecule has 1 aromatic carbocycles. The van der Waals surface area contributed by atoms with Crippen molar-refractivity contribution in [3.63, 3.8) is 0 Å². The number of benzene rings is 1. The second-order valence-corrected chi connectivity index (χ2v) is 5.81. The monoisotopic (exact) mass is 317 g/mol. The summed E-state index contributed by atoms with van der Waals surface area (Å²) < 4.78 is 0. The second-order valence-electron chi connectivity index (χ2n) is 5.81. The minimum atomic E-state index is -1.26. The molecule has 122 valence electrons. The van der Waals surface area contributed by atoms with E-state index in [1.54, 1.807) is 0 Å². The third-order valence-electron chi connectivity index (χ3n) is 4.10. The lowest BCUT2D eigenvalue weighted by atomic mass is 9.76. The van der Waals surface area contributed by atoms with Gasteiger partial charge in [-0.15, -0.1) is 0 Å². The second kappa shape index (κ2) is 7.19. The normalized spacial score (nSPS) is 22.9. The molecule has 6 heteroatoms. The zero-order valence-corrected chi connectivity index (χ0v) is 12.8. The van der Waals surface area contributed by atoms with Crippen molar-refractivity contribution in [1.29, 1.82) is 0 Å². The predicted molar refractivity (Wildman–Crippen MR) is 83.5 cm³/mol. The largest absolute Gasteiger partial charge is 0.478 e. The van der Waals surface area contributed by atoms with E-state index in [4.69, 9.17) is 10.2 Å². The lowest BCUT2D eigenvalue weighted by Crippen LogP contribution is -2.23. The Hall–Kier alpha value is -2.47. The summed E-state index contributed by atoms with van der Waals surface area (Å²) in [6.07, 6.45) is 1.86. The first-order valence-corrected chi connectivity index (χ1v) is 7.33. The number of carbonyl (C=O) groups excluding carboxylic acids is 1. The number of Topliss-reactive ketones (excluding diaryl/α,β-unsaturated/α-hetero) is 1. The highest BCUT2D eigenvalue weighted by Crippen LogP contribution is 2.40. The Bertz CT molecular complexity index is 636. The van der Waals surface area contributed by atoms with E-state index in [-0.39, 0.29) is 0 Å². The van der Waals surface area contributed by atoms with Gasteiger partial charge in [0, 0.05) is 43.1 Å². The molecule has 1 fully saturated rings. The molecule has 0 unspecified atom stereocenters. The number of carbonyl (C=O) groups is 3. The van der Waals surface area contributed by atoms with Crippen LogP contribution in [0.5, 0.6) is 0 Å². The van der Waals surface area contributed by atoms with Crippen molar-refractivity contribution < 1.29 is 24.6 Å². The van der Waals surface area contributed by atoms with Gasteiger partial charge in [-0.25, -0.2) is 9.59 Å². The van der Waals surface area contributed by atoms with Crippen LogP contribution in [0.3, 0.4) is 0 Å². The van der Waals surface area contributed by atoms with Gasteiger partial charge in [-0.1, -0.05) is 24.3 Å². The molecule has 23 heavy (non-hydrogen) atoms. The van der Waals surface area contributed by atoms with Crippen LogP contribution in [0.25, 0.3) is 0 Å². The molecule has 2 aliphatic rings. The number of fused-ring (bicyclic) bond motifs is 3. The van der Waals surface area contributed by atoms with Crippen LogP contribution in [0.1, 0.15) is 28.3 Å². The summed E-state index contributed by atoms with van der Waals surface area (Å²) in [6, 6.07) is 8.12. The molecule has 0 bridgehead atoms. The predicted octanol–water partition coefficient (Wildman–Crippen LogP) is 1.63. The summed E-state index contributed by atoms with van der Waals surface area (Å²) in [6.45, 7) is 2.18. The minimum Gasteiger partial charge on any atom is -0.478 e. The first-order chi connectivity index (χ1) is 10.9. The van der Waals surface area contributed by atoms with Crippen molar-refractivity contribution >= 4 is 17.7 Å². The van der Waals surface area contributed by atoms with Gasteiger partial charge in [-0.05, 0) is 18.5 Å². The fourth-order valence-electron chi connectivity index (χ4n) is 3.21. The van der Waals surface area contributed by atoms with E-state index in [0.29, 0.717) is 29.8 Å². The number of hydrogen-bond acceptors (Lipinski definition) is 4. The molecular weight excluding hydrogens is 298 g/mol. The van der Waals surface area contributed by atoms with Crippen molar-refractivity contribution in [1.82, 2.24) is 4.90 Å². The SMILES string of the molecule is CN1C[C@@H]2CC(=O)c3ccccc3[C@@H]2C1.O=C(O)/C=C/C(=O)O. The quantitative estimate of drug-likeness (QED) is 0.805. The Kier molecular flexibility index (Phi) is 5.28. The Labute approximate surface area is 134 Å². The molecule has 0 radical (unpaired) electrons. The number of likely N-dealkylation sites (tertiary alicyclic amines) is 1. The smallest absolute Gasteiger partial charge is 0.328 e. The van der Waals surface area contributed by atoms with Crippen molar-refractivity contribution in [2.24, 2.45) is 5.92 Å². The van der Waals surface area contributed by atoms with Gasteiger partial charge < -0.3 is 15.1 Å². The number of nitrogens with zero attached hydrogens (tertiary/aromatic N) is 1. The molecule has 1 saturated heterocycles. The molecule has 0 spiro atoms. The van der Waals surface area contributed by atoms with Crippen LogP contribution in [0.2, 0.25) is 0 Å². The van der Waals surface area contributed by atoms with E-state index in [1.165, 1.54) is 5.56 Å². The fraction of sp³-hybridized carbons (Fsp3) is 0.353. The molecule has 0 saturated carbocycles. The van der Waals surface area contributed by atoms with Crippen molar-refractivity contribution in [3.8, 4) is 0 Å². The molecule has 1 aliphatic carbocycles. The molecule has 3 rings (SSSR count). The molecule has 0 aromatic heterocycles. The number of hydrogen-bond donors (Lipinski definition) is 2. The van der Waals surface area contributed by atoms with Crippen LogP contribution in [-0.4, -0.2) is 53.0 Å². The number of carboxylic acid groups (broad SMARTS) is 2. The topological polar surface area (TPSA) is 94.9 Å². The average Bonchev–Trinajstić information content (AvgIpc) is 2.87. The summed E-state index contributed by atoms with van der Waals surface area (Å²) in [5.41, 5.74) is 2.25. The Balaban J connectivity index is 0.000000207. The number of aliphatic carboxylic acids is 2. The van der Waals surface area contributed by atoms with Crippen LogP contribution >= 0.6 is 0 Å². The zero-order valence-electron chi connectivity index (χ0n) is 12.8. The standard InChI is InChI=1S/C13H15NO.C4H4O4/c1-14-7-9-6-13(15)11-5-3-2-4-10(11)12(9)8-14;5-3(6)1-2-4(7)8/h2-5,9,12H,6-8H2,1H3;1-2H,(H,5,6)(H,7,8)/b;2-1+/t9-,12+;/m0./s1. The van der Waals surface area contributed by atoms with Gasteiger partial charge in [0.05, 0.1) is 0 Å². The number of likely N-dealkylation sites (N-methyl/N-ethyl adjacent to an activating group) is 1. The first kappa shape index (κ1) is 16.9. The molecule has 1 aromatic rings. The van der Waals surface area contributed by atoms with Crippen molar-refractivity contribution in [2.75, 3.05) is 20.1 Å². The Morgan fingerprint density at radius 2 is 1.74 bits per heavy atom. The van der Waals surface area contributed by atoms with Crippen molar-refractivity contribution in [2.45, 2.75) is 12.3 Å². The summed E-state index contributed by atoms with van der Waals surface area (Å²) in [7, 11) is 2.14. The van der Waals surface area contributed by atoms with E-state index in [2.05, 4.69) is 18.0 Å². The summed E-state index contributed by atoms with van der Waals surface area (Å²) in [5, 5.41) is 15.6. The highest BCUT2D eigenvalue weighted by atomic mass is 16.4. The van der Waals surface area contributed by atoms with Gasteiger partial charge in [0.25, 0.3) is 0 Å². The van der Waals surface area contributed by atoms with E-state index >= 15 is 0 Å². The number of carboxylic acids is 2. The minimum absolute atomic E-state index is 0.335. The molecule has 1 heterocycles. The maximum absolute atomic E-state index is 11.9. The molecule has 2 N–H and O–H groups in total. The summed E-state index contributed by atoms with van der Waals surface area (Å²) in [5.74, 6) is -1.04. The number of rotatable bonds is 2. The molecule has 2 atom stereocenters. The van der Waals surface area contributed by atoms with E-state index in [0.717, 1.165) is 25.1 Å². The third kappa shape index (κ3) is 4.26. The van der Waals surface area contributed by atoms with Crippen LogP contribution in [0.15, 0.2) is 36.4 Å². The summed E-state index contributed by atoms with van der Waals surface area (Å²) in [4.78, 5) is 33.4. The van der Waals surface area contributed by atoms with Crippen LogP contribution < -0.4 is 0 Å². The van der Waals surface area contributed by atoms with Gasteiger partial charge in [-0.2, -0.15) is 0 Å². The van der Waals surface area contributed by atoms with Gasteiger partial charge >= 0.3 is 11.9 Å². The van der Waals surface area contributed by atoms with E-state index < -0.39 is 11.9 Å². The number of ketones is 1. The Morgan fingerprint density at radius 3 is 2.35 bits per heavy atom. The lowest BCUT2D eigenvalue weighted by Gasteiger charge is -2.26. The van der Waals surface area contributed by atoms with E-state index in [9.17, 15) is 14.4 Å². The Morgan fingerprint density at radius 1 is 1.13 bits per heavy atom. The molecular formula is C17H19NO5. The van der Waals surface area contributed by atoms with Gasteiger partial charge in [-0.3, -0.25) is 4.79 Å². The van der Waals surface area contributed by atoms with Crippen LogP contribution in [0.4, 0.5) is 0 Å². The average molecular weight is 317 g/mol. The third-order valence-corrected chi connectivity index (χ3v) is 4.10. The zero-order chi connectivity index (χ0) is 17.0. The van der Waals surface area contributed by atoms with Crippen molar-refractivity contribution in [3.05, 3.63) is 47.5 Å². The molecule has 1 aliphatic heterocycles. The van der Waals surface area contributed by atoms with Gasteiger partial charge in [0.15, 0.2) is 5.78 Å². The van der Waals surface area contributed by atoms with Gasteiger partial charge in [0.1, 0.15) is 0 Å². The maximum atomic E-state index is 11.9. The highest BCUT2D eigenvalue weighted by Gasteiger charge is 2.38. The summed E-state index contributed by atoms with van der Waals surface area (Å²) >= 11 is 0. The fourth-order valence-corrected chi connectivity index (χ4v) is 3.21. The van der Waals surface area contributed by atoms with Crippen LogP contribution in [0, 0.1) is 5.92 Å². The first-order valence-electron chi connectivity index (χ1n) is 7.33. The van der Waals surface area contributed by atoms with E-state index in [1.807, 2.05) is 18.2 Å². The maximum Gasteiger partial charge on any atom is 0.328 e. The molecule has 6 nitrogen and oxygen atoms in total. The molecule has 0 amide bonds. The highest BCUT2D eigenvalue weighted by molar-refractivity contribution is 5.99.